The van der Waals surface area contributed by atoms with Crippen molar-refractivity contribution in [2.45, 2.75) is 24.9 Å². The molecular formula is C17H21N3. The van der Waals surface area contributed by atoms with Crippen LogP contribution in [0.25, 0.3) is 0 Å². The van der Waals surface area contributed by atoms with Gasteiger partial charge in [-0.1, -0.05) is 18.2 Å². The molecule has 0 saturated carbocycles. The standard InChI is InChI=1S/C17H21N3/c1-19-11-8-17(9-12-19)16-7-4-10-20(16)13-14-5-2-3-6-15(14)18-17/h2-7,10,18H,8-9,11-13H2,1H3. The van der Waals surface area contributed by atoms with E-state index in [0.29, 0.717) is 0 Å². The van der Waals surface area contributed by atoms with Gasteiger partial charge < -0.3 is 14.8 Å². The van der Waals surface area contributed by atoms with E-state index in [1.54, 1.807) is 0 Å². The molecule has 3 heterocycles. The normalized spacial score (nSPS) is 20.9. The minimum absolute atomic E-state index is 0.0998. The van der Waals surface area contributed by atoms with Crippen LogP contribution in [0.1, 0.15) is 24.1 Å². The highest BCUT2D eigenvalue weighted by atomic mass is 15.2. The average Bonchev–Trinajstić information content (AvgIpc) is 2.88. The molecule has 1 N–H and O–H groups in total. The van der Waals surface area contributed by atoms with Gasteiger partial charge in [0.15, 0.2) is 0 Å². The lowest BCUT2D eigenvalue weighted by molar-refractivity contribution is 0.201. The van der Waals surface area contributed by atoms with Crippen molar-refractivity contribution >= 4 is 5.69 Å². The Kier molecular flexibility index (Phi) is 2.64. The van der Waals surface area contributed by atoms with Crippen molar-refractivity contribution in [1.82, 2.24) is 9.47 Å². The molecule has 2 aliphatic rings. The predicted molar refractivity (Wildman–Crippen MR) is 82.0 cm³/mol. The molecule has 1 aromatic carbocycles. The number of rotatable bonds is 0. The molecule has 4 rings (SSSR count). The third-order valence-electron chi connectivity index (χ3n) is 4.89. The summed E-state index contributed by atoms with van der Waals surface area (Å²) in [7, 11) is 2.22. The van der Waals surface area contributed by atoms with Gasteiger partial charge >= 0.3 is 0 Å². The zero-order valence-electron chi connectivity index (χ0n) is 12.0. The van der Waals surface area contributed by atoms with E-state index in [9.17, 15) is 0 Å². The van der Waals surface area contributed by atoms with Crippen LogP contribution in [0.3, 0.4) is 0 Å². The summed E-state index contributed by atoms with van der Waals surface area (Å²) in [6.45, 7) is 3.28. The fourth-order valence-electron chi connectivity index (χ4n) is 3.65. The number of benzene rings is 1. The Morgan fingerprint density at radius 1 is 1.05 bits per heavy atom. The predicted octanol–water partition coefficient (Wildman–Crippen LogP) is 2.88. The summed E-state index contributed by atoms with van der Waals surface area (Å²) in [6.07, 6.45) is 4.56. The Morgan fingerprint density at radius 3 is 2.70 bits per heavy atom. The highest BCUT2D eigenvalue weighted by Crippen LogP contribution is 2.39. The molecule has 1 spiro atoms. The molecule has 0 unspecified atom stereocenters. The Hall–Kier alpha value is -1.74. The van der Waals surface area contributed by atoms with Crippen LogP contribution in [0.2, 0.25) is 0 Å². The highest BCUT2D eigenvalue weighted by Gasteiger charge is 2.39. The minimum atomic E-state index is 0.0998. The average molecular weight is 267 g/mol. The van der Waals surface area contributed by atoms with E-state index in [2.05, 4.69) is 64.4 Å². The fraction of sp³-hybridized carbons (Fsp3) is 0.412. The maximum absolute atomic E-state index is 3.89. The van der Waals surface area contributed by atoms with Crippen LogP contribution in [-0.4, -0.2) is 29.6 Å². The maximum Gasteiger partial charge on any atom is 0.0800 e. The van der Waals surface area contributed by atoms with Gasteiger partial charge in [0.2, 0.25) is 0 Å². The maximum atomic E-state index is 3.89. The summed E-state index contributed by atoms with van der Waals surface area (Å²) < 4.78 is 2.42. The van der Waals surface area contributed by atoms with Crippen molar-refractivity contribution < 1.29 is 0 Å². The van der Waals surface area contributed by atoms with Gasteiger partial charge in [0.05, 0.1) is 5.54 Å². The summed E-state index contributed by atoms with van der Waals surface area (Å²) >= 11 is 0. The Bertz CT molecular complexity index is 621. The second-order valence-corrected chi connectivity index (χ2v) is 6.19. The molecule has 2 aromatic rings. The van der Waals surface area contributed by atoms with Gasteiger partial charge in [-0.05, 0) is 43.7 Å². The Balaban J connectivity index is 1.83. The summed E-state index contributed by atoms with van der Waals surface area (Å²) in [5.41, 5.74) is 4.24. The number of hydrogen-bond donors (Lipinski definition) is 1. The van der Waals surface area contributed by atoms with Gasteiger partial charge in [0.1, 0.15) is 0 Å². The molecule has 1 aromatic heterocycles. The van der Waals surface area contributed by atoms with Gasteiger partial charge in [-0.2, -0.15) is 0 Å². The van der Waals surface area contributed by atoms with Gasteiger partial charge in [0, 0.05) is 37.2 Å². The Morgan fingerprint density at radius 2 is 1.85 bits per heavy atom. The van der Waals surface area contributed by atoms with E-state index in [4.69, 9.17) is 0 Å². The van der Waals surface area contributed by atoms with Crippen molar-refractivity contribution in [3.8, 4) is 0 Å². The summed E-state index contributed by atoms with van der Waals surface area (Å²) in [5.74, 6) is 0. The molecule has 1 saturated heterocycles. The summed E-state index contributed by atoms with van der Waals surface area (Å²) in [6, 6.07) is 13.2. The molecule has 0 radical (unpaired) electrons. The first-order valence-electron chi connectivity index (χ1n) is 7.47. The van der Waals surface area contributed by atoms with Gasteiger partial charge in [-0.3, -0.25) is 0 Å². The summed E-state index contributed by atoms with van der Waals surface area (Å²) in [5, 5.41) is 3.89. The van der Waals surface area contributed by atoms with Gasteiger partial charge in [-0.15, -0.1) is 0 Å². The number of likely N-dealkylation sites (tertiary alicyclic amines) is 1. The fourth-order valence-corrected chi connectivity index (χ4v) is 3.65. The molecule has 0 bridgehead atoms. The molecule has 1 fully saturated rings. The topological polar surface area (TPSA) is 20.2 Å². The molecule has 0 atom stereocenters. The molecule has 104 valence electrons. The number of piperidine rings is 1. The monoisotopic (exact) mass is 267 g/mol. The quantitative estimate of drug-likeness (QED) is 0.792. The first-order chi connectivity index (χ1) is 9.77. The van der Waals surface area contributed by atoms with Crippen molar-refractivity contribution in [2.24, 2.45) is 0 Å². The van der Waals surface area contributed by atoms with E-state index >= 15 is 0 Å². The zero-order valence-corrected chi connectivity index (χ0v) is 12.0. The lowest BCUT2D eigenvalue weighted by atomic mass is 9.84. The second kappa shape index (κ2) is 4.38. The van der Waals surface area contributed by atoms with E-state index in [-0.39, 0.29) is 5.54 Å². The van der Waals surface area contributed by atoms with Crippen LogP contribution in [0.4, 0.5) is 5.69 Å². The van der Waals surface area contributed by atoms with Crippen LogP contribution in [0, 0.1) is 0 Å². The number of fused-ring (bicyclic) bond motifs is 3. The summed E-state index contributed by atoms with van der Waals surface area (Å²) in [4.78, 5) is 2.43. The van der Waals surface area contributed by atoms with Gasteiger partial charge in [-0.25, -0.2) is 0 Å². The first kappa shape index (κ1) is 12.0. The SMILES string of the molecule is CN1CCC2(CC1)Nc1ccccc1Cn1cccc12. The number of para-hydroxylation sites is 1. The zero-order chi connectivity index (χ0) is 13.6. The first-order valence-corrected chi connectivity index (χ1v) is 7.47. The van der Waals surface area contributed by atoms with Gasteiger partial charge in [0.25, 0.3) is 0 Å². The van der Waals surface area contributed by atoms with E-state index < -0.39 is 0 Å². The Labute approximate surface area is 120 Å². The number of anilines is 1. The number of nitrogens with one attached hydrogen (secondary N) is 1. The highest BCUT2D eigenvalue weighted by molar-refractivity contribution is 5.56. The molecule has 2 aliphatic heterocycles. The minimum Gasteiger partial charge on any atom is -0.374 e. The van der Waals surface area contributed by atoms with Crippen LogP contribution in [0.5, 0.6) is 0 Å². The van der Waals surface area contributed by atoms with E-state index in [0.717, 1.165) is 19.6 Å². The molecule has 20 heavy (non-hydrogen) atoms. The molecule has 3 nitrogen and oxygen atoms in total. The molecule has 0 aliphatic carbocycles. The third kappa shape index (κ3) is 1.77. The molecule has 3 heteroatoms. The van der Waals surface area contributed by atoms with Crippen LogP contribution < -0.4 is 5.32 Å². The number of nitrogens with zero attached hydrogens (tertiary/aromatic N) is 2. The van der Waals surface area contributed by atoms with Crippen LogP contribution in [0.15, 0.2) is 42.6 Å². The molecule has 0 amide bonds. The number of hydrogen-bond acceptors (Lipinski definition) is 2. The third-order valence-corrected chi connectivity index (χ3v) is 4.89. The lowest BCUT2D eigenvalue weighted by Gasteiger charge is -2.41. The van der Waals surface area contributed by atoms with E-state index in [1.807, 2.05) is 0 Å². The largest absolute Gasteiger partial charge is 0.374 e. The van der Waals surface area contributed by atoms with Crippen molar-refractivity contribution in [3.05, 3.63) is 53.9 Å². The van der Waals surface area contributed by atoms with Crippen molar-refractivity contribution in [1.29, 1.82) is 0 Å². The number of aromatic nitrogens is 1. The smallest absolute Gasteiger partial charge is 0.0800 e. The second-order valence-electron chi connectivity index (χ2n) is 6.19. The van der Waals surface area contributed by atoms with Crippen molar-refractivity contribution in [2.75, 3.05) is 25.5 Å². The molecular weight excluding hydrogens is 246 g/mol. The van der Waals surface area contributed by atoms with Crippen molar-refractivity contribution in [3.63, 3.8) is 0 Å². The van der Waals surface area contributed by atoms with Crippen LogP contribution >= 0.6 is 0 Å². The van der Waals surface area contributed by atoms with Crippen LogP contribution in [-0.2, 0) is 12.1 Å². The van der Waals surface area contributed by atoms with E-state index in [1.165, 1.54) is 29.8 Å². The lowest BCUT2D eigenvalue weighted by Crippen LogP contribution is -2.46.